The van der Waals surface area contributed by atoms with Crippen LogP contribution in [0.2, 0.25) is 0 Å². The second kappa shape index (κ2) is 5.82. The molecule has 1 aromatic heterocycles. The van der Waals surface area contributed by atoms with Crippen LogP contribution in [0.15, 0.2) is 24.4 Å². The Labute approximate surface area is 129 Å². The number of rotatable bonds is 3. The Kier molecular flexibility index (Phi) is 3.86. The molecule has 1 fully saturated rings. The van der Waals surface area contributed by atoms with Crippen LogP contribution >= 0.6 is 0 Å². The third-order valence-electron chi connectivity index (χ3n) is 4.66. The zero-order valence-electron chi connectivity index (χ0n) is 12.8. The van der Waals surface area contributed by atoms with E-state index in [9.17, 15) is 4.79 Å². The maximum atomic E-state index is 12.5. The van der Waals surface area contributed by atoms with E-state index in [-0.39, 0.29) is 17.7 Å². The van der Waals surface area contributed by atoms with Gasteiger partial charge in [0.1, 0.15) is 0 Å². The summed E-state index contributed by atoms with van der Waals surface area (Å²) in [6.45, 7) is 0. The fourth-order valence-corrected chi connectivity index (χ4v) is 3.47. The fraction of sp³-hybridized carbons (Fsp3) is 0.412. The topological polar surface area (TPSA) is 69.1 Å². The third kappa shape index (κ3) is 2.36. The van der Waals surface area contributed by atoms with Crippen molar-refractivity contribution in [3.05, 3.63) is 35.5 Å². The lowest BCUT2D eigenvalue weighted by Gasteiger charge is -2.23. The summed E-state index contributed by atoms with van der Waals surface area (Å²) >= 11 is 0. The number of hydrogen-bond acceptors (Lipinski definition) is 3. The molecule has 0 aliphatic heterocycles. The summed E-state index contributed by atoms with van der Waals surface area (Å²) in [6, 6.07) is 7.81. The molecule has 1 heterocycles. The predicted molar refractivity (Wildman–Crippen MR) is 82.9 cm³/mol. The molecule has 3 rings (SSSR count). The summed E-state index contributed by atoms with van der Waals surface area (Å²) in [5, 5.41) is 11.5. The van der Waals surface area contributed by atoms with E-state index in [1.54, 1.807) is 13.1 Å². The summed E-state index contributed by atoms with van der Waals surface area (Å²) in [5.41, 5.74) is 2.78. The van der Waals surface area contributed by atoms with Gasteiger partial charge in [0, 0.05) is 30.1 Å². The lowest BCUT2D eigenvalue weighted by molar-refractivity contribution is -0.173. The SMILES string of the molecule is CON(C)C(=O)[C@H]1CCC[C@@H]1c1c[nH]c2ccc(C#N)cc12. The molecule has 22 heavy (non-hydrogen) atoms. The Balaban J connectivity index is 1.99. The Hall–Kier alpha value is -2.32. The number of carbonyl (C=O) groups excluding carboxylic acids is 1. The first-order valence-electron chi connectivity index (χ1n) is 7.48. The zero-order valence-corrected chi connectivity index (χ0v) is 12.8. The number of aromatic nitrogens is 1. The first-order chi connectivity index (χ1) is 10.7. The average Bonchev–Trinajstić information content (AvgIpc) is 3.18. The van der Waals surface area contributed by atoms with Crippen molar-refractivity contribution >= 4 is 16.8 Å². The molecular formula is C17H19N3O2. The van der Waals surface area contributed by atoms with Crippen molar-refractivity contribution in [2.45, 2.75) is 25.2 Å². The molecule has 0 spiro atoms. The van der Waals surface area contributed by atoms with Gasteiger partial charge in [-0.3, -0.25) is 9.63 Å². The average molecular weight is 297 g/mol. The van der Waals surface area contributed by atoms with Gasteiger partial charge in [0.2, 0.25) is 5.91 Å². The highest BCUT2D eigenvalue weighted by Gasteiger charge is 2.37. The van der Waals surface area contributed by atoms with E-state index in [0.717, 1.165) is 35.7 Å². The van der Waals surface area contributed by atoms with Crippen LogP contribution in [0.4, 0.5) is 0 Å². The Bertz CT molecular complexity index is 744. The van der Waals surface area contributed by atoms with E-state index in [1.165, 1.54) is 12.2 Å². The van der Waals surface area contributed by atoms with E-state index in [2.05, 4.69) is 11.1 Å². The number of carbonyl (C=O) groups is 1. The lowest BCUT2D eigenvalue weighted by Crippen LogP contribution is -2.33. The Morgan fingerprint density at radius 1 is 1.45 bits per heavy atom. The number of fused-ring (bicyclic) bond motifs is 1. The van der Waals surface area contributed by atoms with Crippen LogP contribution in [0, 0.1) is 17.2 Å². The Morgan fingerprint density at radius 3 is 3.00 bits per heavy atom. The fourth-order valence-electron chi connectivity index (χ4n) is 3.47. The highest BCUT2D eigenvalue weighted by molar-refractivity contribution is 5.87. The first-order valence-corrected chi connectivity index (χ1v) is 7.48. The molecule has 114 valence electrons. The van der Waals surface area contributed by atoms with Gasteiger partial charge in [0.25, 0.3) is 0 Å². The van der Waals surface area contributed by atoms with Gasteiger partial charge in [-0.15, -0.1) is 0 Å². The van der Waals surface area contributed by atoms with Gasteiger partial charge in [-0.25, -0.2) is 5.06 Å². The standard InChI is InChI=1S/C17H19N3O2/c1-20(22-2)17(21)13-5-3-4-12(13)15-10-19-16-7-6-11(9-18)8-14(15)16/h6-8,10,12-13,19H,3-5H2,1-2H3/t12-,13-/m0/s1. The van der Waals surface area contributed by atoms with Crippen molar-refractivity contribution in [2.24, 2.45) is 5.92 Å². The van der Waals surface area contributed by atoms with E-state index in [4.69, 9.17) is 10.1 Å². The van der Waals surface area contributed by atoms with Crippen molar-refractivity contribution in [1.29, 1.82) is 5.26 Å². The second-order valence-corrected chi connectivity index (χ2v) is 5.78. The van der Waals surface area contributed by atoms with E-state index >= 15 is 0 Å². The predicted octanol–water partition coefficient (Wildman–Crippen LogP) is 2.94. The summed E-state index contributed by atoms with van der Waals surface area (Å²) in [4.78, 5) is 20.8. The van der Waals surface area contributed by atoms with Gasteiger partial charge in [-0.2, -0.15) is 5.26 Å². The Morgan fingerprint density at radius 2 is 2.27 bits per heavy atom. The molecule has 0 saturated heterocycles. The van der Waals surface area contributed by atoms with Crippen LogP contribution in [0.5, 0.6) is 0 Å². The maximum absolute atomic E-state index is 12.5. The molecule has 1 aromatic carbocycles. The molecule has 1 aliphatic carbocycles. The third-order valence-corrected chi connectivity index (χ3v) is 4.66. The molecule has 0 radical (unpaired) electrons. The number of nitriles is 1. The molecule has 2 atom stereocenters. The molecule has 5 nitrogen and oxygen atoms in total. The molecule has 5 heteroatoms. The number of benzene rings is 1. The first kappa shape index (κ1) is 14.6. The van der Waals surface area contributed by atoms with E-state index in [0.29, 0.717) is 5.56 Å². The summed E-state index contributed by atoms with van der Waals surface area (Å²) in [6.07, 6.45) is 4.87. The van der Waals surface area contributed by atoms with Gasteiger partial charge in [-0.05, 0) is 42.5 Å². The highest BCUT2D eigenvalue weighted by atomic mass is 16.7. The number of nitrogens with one attached hydrogen (secondary N) is 1. The van der Waals surface area contributed by atoms with Crippen molar-refractivity contribution < 1.29 is 9.63 Å². The van der Waals surface area contributed by atoms with E-state index < -0.39 is 0 Å². The molecule has 1 amide bonds. The van der Waals surface area contributed by atoms with Gasteiger partial charge >= 0.3 is 0 Å². The zero-order chi connectivity index (χ0) is 15.7. The largest absolute Gasteiger partial charge is 0.361 e. The number of hydrogen-bond donors (Lipinski definition) is 1. The summed E-state index contributed by atoms with van der Waals surface area (Å²) < 4.78 is 0. The van der Waals surface area contributed by atoms with Crippen molar-refractivity contribution in [1.82, 2.24) is 10.0 Å². The van der Waals surface area contributed by atoms with Crippen LogP contribution in [0.3, 0.4) is 0 Å². The maximum Gasteiger partial charge on any atom is 0.249 e. The minimum absolute atomic E-state index is 0.0239. The molecule has 1 saturated carbocycles. The summed E-state index contributed by atoms with van der Waals surface area (Å²) in [5.74, 6) is 0.137. The molecule has 0 bridgehead atoms. The molecule has 0 unspecified atom stereocenters. The number of amides is 1. The molecule has 1 N–H and O–H groups in total. The van der Waals surface area contributed by atoms with Crippen LogP contribution in [-0.4, -0.2) is 30.1 Å². The minimum atomic E-state index is -0.0605. The van der Waals surface area contributed by atoms with Crippen LogP contribution < -0.4 is 0 Å². The quantitative estimate of drug-likeness (QED) is 0.886. The number of hydroxylamine groups is 2. The minimum Gasteiger partial charge on any atom is -0.361 e. The molecule has 2 aromatic rings. The lowest BCUT2D eigenvalue weighted by atomic mass is 9.87. The van der Waals surface area contributed by atoms with Crippen LogP contribution in [0.25, 0.3) is 10.9 Å². The van der Waals surface area contributed by atoms with Crippen molar-refractivity contribution in [3.63, 3.8) is 0 Å². The van der Waals surface area contributed by atoms with Gasteiger partial charge < -0.3 is 4.98 Å². The van der Waals surface area contributed by atoms with Gasteiger partial charge in [-0.1, -0.05) is 6.42 Å². The highest BCUT2D eigenvalue weighted by Crippen LogP contribution is 2.43. The molecule has 1 aliphatic rings. The van der Waals surface area contributed by atoms with Crippen molar-refractivity contribution in [3.8, 4) is 6.07 Å². The normalized spacial score (nSPS) is 21.0. The second-order valence-electron chi connectivity index (χ2n) is 5.78. The summed E-state index contributed by atoms with van der Waals surface area (Å²) in [7, 11) is 3.16. The van der Waals surface area contributed by atoms with Crippen LogP contribution in [-0.2, 0) is 9.63 Å². The number of H-pyrrole nitrogens is 1. The van der Waals surface area contributed by atoms with Crippen LogP contribution in [0.1, 0.15) is 36.3 Å². The number of aromatic amines is 1. The van der Waals surface area contributed by atoms with Gasteiger partial charge in [0.15, 0.2) is 0 Å². The smallest absolute Gasteiger partial charge is 0.249 e. The molecular weight excluding hydrogens is 278 g/mol. The van der Waals surface area contributed by atoms with Gasteiger partial charge in [0.05, 0.1) is 18.7 Å². The monoisotopic (exact) mass is 297 g/mol. The van der Waals surface area contributed by atoms with E-state index in [1.807, 2.05) is 18.3 Å². The number of nitrogens with zero attached hydrogens (tertiary/aromatic N) is 2. The van der Waals surface area contributed by atoms with Crippen molar-refractivity contribution in [2.75, 3.05) is 14.2 Å².